The van der Waals surface area contributed by atoms with Crippen LogP contribution < -0.4 is 14.8 Å². The zero-order valence-corrected chi connectivity index (χ0v) is 18.4. The smallest absolute Gasteiger partial charge is 0.261 e. The lowest BCUT2D eigenvalue weighted by Gasteiger charge is -2.38. The van der Waals surface area contributed by atoms with Gasteiger partial charge in [-0.25, -0.2) is 0 Å². The van der Waals surface area contributed by atoms with Gasteiger partial charge in [0.05, 0.1) is 6.04 Å². The lowest BCUT2D eigenvalue weighted by molar-refractivity contribution is -0.129. The van der Waals surface area contributed by atoms with Crippen molar-refractivity contribution < 1.29 is 14.3 Å². The van der Waals surface area contributed by atoms with E-state index in [1.165, 1.54) is 5.56 Å². The van der Waals surface area contributed by atoms with E-state index in [1.54, 1.807) is 0 Å². The van der Waals surface area contributed by atoms with Crippen molar-refractivity contribution in [2.45, 2.75) is 77.5 Å². The first-order chi connectivity index (χ1) is 13.6. The van der Waals surface area contributed by atoms with Crippen molar-refractivity contribution in [1.29, 1.82) is 0 Å². The number of carbonyl (C=O) groups excluding carboxylic acids is 1. The number of ether oxygens (including phenoxy) is 2. The molecule has 0 saturated carbocycles. The van der Waals surface area contributed by atoms with Crippen molar-refractivity contribution in [3.8, 4) is 11.5 Å². The molecule has 0 fully saturated rings. The van der Waals surface area contributed by atoms with Crippen LogP contribution in [0.25, 0.3) is 0 Å². The highest BCUT2D eigenvalue weighted by Gasteiger charge is 2.35. The van der Waals surface area contributed by atoms with Gasteiger partial charge in [-0.1, -0.05) is 58.0 Å². The lowest BCUT2D eigenvalue weighted by Crippen LogP contribution is -2.45. The summed E-state index contributed by atoms with van der Waals surface area (Å²) in [4.78, 5) is 13.0. The monoisotopic (exact) mass is 395 g/mol. The molecule has 0 saturated heterocycles. The van der Waals surface area contributed by atoms with Crippen LogP contribution in [0.15, 0.2) is 48.5 Å². The second kappa shape index (κ2) is 8.10. The van der Waals surface area contributed by atoms with E-state index in [0.717, 1.165) is 11.3 Å². The third kappa shape index (κ3) is 5.11. The Kier molecular flexibility index (Phi) is 5.92. The Morgan fingerprint density at radius 3 is 2.45 bits per heavy atom. The van der Waals surface area contributed by atoms with Gasteiger partial charge in [0.1, 0.15) is 17.1 Å². The molecular weight excluding hydrogens is 362 g/mol. The molecule has 0 unspecified atom stereocenters. The standard InChI is InChI=1S/C25H33NO3/c1-7-21(28-18-14-12-17(13-15-18)24(2,3)4)23(27)26-20-16-25(5,6)29-22-11-9-8-10-19(20)22/h8-15,20-21H,7,16H2,1-6H3,(H,26,27)/t20-,21+/m0/s1. The van der Waals surface area contributed by atoms with Gasteiger partial charge >= 0.3 is 0 Å². The van der Waals surface area contributed by atoms with Crippen LogP contribution in [-0.4, -0.2) is 17.6 Å². The molecule has 4 heteroatoms. The predicted octanol–water partition coefficient (Wildman–Crippen LogP) is 5.56. The fourth-order valence-corrected chi connectivity index (χ4v) is 3.72. The number of hydrogen-bond acceptors (Lipinski definition) is 3. The SMILES string of the molecule is CC[C@@H](Oc1ccc(C(C)(C)C)cc1)C(=O)N[C@H]1CC(C)(C)Oc2ccccc21. The quantitative estimate of drug-likeness (QED) is 0.721. The minimum Gasteiger partial charge on any atom is -0.487 e. The van der Waals surface area contributed by atoms with Crippen LogP contribution in [0.1, 0.15) is 71.6 Å². The first-order valence-electron chi connectivity index (χ1n) is 10.4. The Hall–Kier alpha value is -2.49. The first-order valence-corrected chi connectivity index (χ1v) is 10.4. The van der Waals surface area contributed by atoms with E-state index >= 15 is 0 Å². The maximum atomic E-state index is 13.0. The summed E-state index contributed by atoms with van der Waals surface area (Å²) in [5.41, 5.74) is 2.01. The fourth-order valence-electron chi connectivity index (χ4n) is 3.72. The van der Waals surface area contributed by atoms with Gasteiger partial charge in [0.15, 0.2) is 6.10 Å². The Labute approximate surface area is 174 Å². The number of amides is 1. The average Bonchev–Trinajstić information content (AvgIpc) is 2.64. The fraction of sp³-hybridized carbons (Fsp3) is 0.480. The minimum absolute atomic E-state index is 0.0866. The van der Waals surface area contributed by atoms with Crippen molar-refractivity contribution in [2.75, 3.05) is 0 Å². The van der Waals surface area contributed by atoms with E-state index in [1.807, 2.05) is 57.2 Å². The van der Waals surface area contributed by atoms with Gasteiger partial charge in [-0.2, -0.15) is 0 Å². The number of carbonyl (C=O) groups is 1. The summed E-state index contributed by atoms with van der Waals surface area (Å²) in [7, 11) is 0. The van der Waals surface area contributed by atoms with Crippen LogP contribution in [-0.2, 0) is 10.2 Å². The summed E-state index contributed by atoms with van der Waals surface area (Å²) >= 11 is 0. The van der Waals surface area contributed by atoms with Crippen molar-refractivity contribution in [2.24, 2.45) is 0 Å². The summed E-state index contributed by atoms with van der Waals surface area (Å²) in [5.74, 6) is 1.46. The van der Waals surface area contributed by atoms with Gasteiger partial charge in [-0.05, 0) is 49.4 Å². The van der Waals surface area contributed by atoms with Crippen LogP contribution in [0.4, 0.5) is 0 Å². The van der Waals surface area contributed by atoms with Crippen molar-refractivity contribution in [1.82, 2.24) is 5.32 Å². The van der Waals surface area contributed by atoms with E-state index in [4.69, 9.17) is 9.47 Å². The van der Waals surface area contributed by atoms with Gasteiger partial charge in [-0.3, -0.25) is 4.79 Å². The zero-order chi connectivity index (χ0) is 21.2. The molecule has 1 aliphatic heterocycles. The van der Waals surface area contributed by atoms with Gasteiger partial charge in [0.25, 0.3) is 5.91 Å². The highest BCUT2D eigenvalue weighted by molar-refractivity contribution is 5.81. The third-order valence-corrected chi connectivity index (χ3v) is 5.35. The number of para-hydroxylation sites is 1. The van der Waals surface area contributed by atoms with Gasteiger partial charge < -0.3 is 14.8 Å². The molecule has 1 heterocycles. The van der Waals surface area contributed by atoms with Crippen LogP contribution >= 0.6 is 0 Å². The normalized spacial score (nSPS) is 18.9. The Morgan fingerprint density at radius 2 is 1.83 bits per heavy atom. The molecule has 2 aromatic carbocycles. The molecule has 0 bridgehead atoms. The van der Waals surface area contributed by atoms with Crippen LogP contribution in [0.2, 0.25) is 0 Å². The van der Waals surface area contributed by atoms with E-state index in [-0.39, 0.29) is 23.0 Å². The minimum atomic E-state index is -0.534. The number of fused-ring (bicyclic) bond motifs is 1. The second-order valence-corrected chi connectivity index (χ2v) is 9.45. The maximum Gasteiger partial charge on any atom is 0.261 e. The zero-order valence-electron chi connectivity index (χ0n) is 18.4. The average molecular weight is 396 g/mol. The Bertz CT molecular complexity index is 849. The maximum absolute atomic E-state index is 13.0. The van der Waals surface area contributed by atoms with E-state index < -0.39 is 6.10 Å². The molecule has 29 heavy (non-hydrogen) atoms. The summed E-state index contributed by atoms with van der Waals surface area (Å²) < 4.78 is 12.1. The molecule has 0 radical (unpaired) electrons. The molecule has 1 N–H and O–H groups in total. The Morgan fingerprint density at radius 1 is 1.17 bits per heavy atom. The largest absolute Gasteiger partial charge is 0.487 e. The van der Waals surface area contributed by atoms with Crippen LogP contribution in [0, 0.1) is 0 Å². The molecule has 1 aliphatic rings. The summed E-state index contributed by atoms with van der Waals surface area (Å²) in [6.45, 7) is 12.6. The Balaban J connectivity index is 1.72. The van der Waals surface area contributed by atoms with Gasteiger partial charge in [-0.15, -0.1) is 0 Å². The molecular formula is C25H33NO3. The number of hydrogen-bond donors (Lipinski definition) is 1. The summed E-state index contributed by atoms with van der Waals surface area (Å²) in [5, 5.41) is 3.19. The highest BCUT2D eigenvalue weighted by atomic mass is 16.5. The predicted molar refractivity (Wildman–Crippen MR) is 116 cm³/mol. The number of benzene rings is 2. The van der Waals surface area contributed by atoms with Crippen LogP contribution in [0.5, 0.6) is 11.5 Å². The van der Waals surface area contributed by atoms with Crippen molar-refractivity contribution in [3.05, 3.63) is 59.7 Å². The lowest BCUT2D eigenvalue weighted by atomic mass is 9.87. The van der Waals surface area contributed by atoms with Crippen molar-refractivity contribution in [3.63, 3.8) is 0 Å². The number of rotatable bonds is 5. The van der Waals surface area contributed by atoms with E-state index in [9.17, 15) is 4.79 Å². The van der Waals surface area contributed by atoms with Gasteiger partial charge in [0, 0.05) is 12.0 Å². The first kappa shape index (κ1) is 21.2. The number of nitrogens with one attached hydrogen (secondary N) is 1. The highest BCUT2D eigenvalue weighted by Crippen LogP contribution is 2.39. The molecule has 156 valence electrons. The van der Waals surface area contributed by atoms with E-state index in [0.29, 0.717) is 18.6 Å². The topological polar surface area (TPSA) is 47.6 Å². The molecule has 2 aromatic rings. The second-order valence-electron chi connectivity index (χ2n) is 9.45. The molecule has 2 atom stereocenters. The van der Waals surface area contributed by atoms with Gasteiger partial charge in [0.2, 0.25) is 0 Å². The summed E-state index contributed by atoms with van der Waals surface area (Å²) in [6.07, 6.45) is 0.779. The molecule has 1 amide bonds. The third-order valence-electron chi connectivity index (χ3n) is 5.35. The molecule has 3 rings (SSSR count). The molecule has 4 nitrogen and oxygen atoms in total. The molecule has 0 aromatic heterocycles. The summed E-state index contributed by atoms with van der Waals surface area (Å²) in [6, 6.07) is 15.8. The molecule has 0 aliphatic carbocycles. The van der Waals surface area contributed by atoms with Crippen molar-refractivity contribution >= 4 is 5.91 Å². The van der Waals surface area contributed by atoms with E-state index in [2.05, 4.69) is 38.2 Å². The van der Waals surface area contributed by atoms with Crippen LogP contribution in [0.3, 0.4) is 0 Å². The molecule has 0 spiro atoms.